The highest BCUT2D eigenvalue weighted by Crippen LogP contribution is 2.39. The molecule has 168 valence electrons. The fraction of sp³-hybridized carbons (Fsp3) is 0.125. The second kappa shape index (κ2) is 10.7. The zero-order valence-electron chi connectivity index (χ0n) is 17.5. The number of aromatic nitrogens is 1. The summed E-state index contributed by atoms with van der Waals surface area (Å²) in [6, 6.07) is 16.9. The summed E-state index contributed by atoms with van der Waals surface area (Å²) in [4.78, 5) is 31.3. The predicted molar refractivity (Wildman–Crippen MR) is 140 cm³/mol. The molecule has 0 saturated carbocycles. The monoisotopic (exact) mass is 636 g/mol. The van der Waals surface area contributed by atoms with E-state index >= 15 is 0 Å². The van der Waals surface area contributed by atoms with Crippen LogP contribution in [0, 0.1) is 3.57 Å². The topological polar surface area (TPSA) is 68.7 Å². The number of carbonyl (C=O) groups excluding carboxylic acids is 2. The van der Waals surface area contributed by atoms with Gasteiger partial charge in [0, 0.05) is 9.77 Å². The first-order valence-corrected chi connectivity index (χ1v) is 12.5. The smallest absolute Gasteiger partial charge is 0.293 e. The van der Waals surface area contributed by atoms with Crippen LogP contribution in [-0.4, -0.2) is 28.1 Å². The summed E-state index contributed by atoms with van der Waals surface area (Å²) < 4.78 is 13.2. The molecule has 2 amide bonds. The van der Waals surface area contributed by atoms with Crippen molar-refractivity contribution in [2.75, 3.05) is 7.11 Å². The normalized spacial score (nSPS) is 14.8. The molecule has 0 unspecified atom stereocenters. The van der Waals surface area contributed by atoms with Gasteiger partial charge in [-0.2, -0.15) is 0 Å². The standard InChI is InChI=1S/C24H18BrIN2O4S/c1-31-20-11-16(10-19(25)22(20)32-14-18-4-2-3-9-27-18)12-21-23(29)28(24(30)33-21)13-15-5-7-17(26)8-6-15/h2-12H,13-14H2,1H3/b21-12-. The third-order valence-electron chi connectivity index (χ3n) is 4.77. The van der Waals surface area contributed by atoms with E-state index in [0.29, 0.717) is 26.4 Å². The second-order valence-electron chi connectivity index (χ2n) is 7.04. The van der Waals surface area contributed by atoms with Gasteiger partial charge < -0.3 is 9.47 Å². The van der Waals surface area contributed by atoms with Crippen LogP contribution >= 0.6 is 50.3 Å². The summed E-state index contributed by atoms with van der Waals surface area (Å²) in [6.07, 6.45) is 3.40. The van der Waals surface area contributed by atoms with Gasteiger partial charge in [-0.05, 0) is 104 Å². The molecule has 3 aromatic rings. The number of rotatable bonds is 7. The minimum Gasteiger partial charge on any atom is -0.493 e. The maximum atomic E-state index is 12.9. The number of nitrogens with zero attached hydrogens (tertiary/aromatic N) is 2. The average molecular weight is 637 g/mol. The maximum absolute atomic E-state index is 12.9. The summed E-state index contributed by atoms with van der Waals surface area (Å²) in [5.74, 6) is 0.728. The van der Waals surface area contributed by atoms with Crippen molar-refractivity contribution in [3.05, 3.63) is 90.6 Å². The van der Waals surface area contributed by atoms with Gasteiger partial charge in [0.05, 0.1) is 28.7 Å². The van der Waals surface area contributed by atoms with Crippen molar-refractivity contribution in [2.24, 2.45) is 0 Å². The first-order valence-electron chi connectivity index (χ1n) is 9.84. The van der Waals surface area contributed by atoms with Crippen molar-refractivity contribution in [1.82, 2.24) is 9.88 Å². The number of thioether (sulfide) groups is 1. The van der Waals surface area contributed by atoms with Gasteiger partial charge in [-0.3, -0.25) is 19.5 Å². The van der Waals surface area contributed by atoms with Gasteiger partial charge in [-0.1, -0.05) is 18.2 Å². The van der Waals surface area contributed by atoms with Crippen LogP contribution in [0.3, 0.4) is 0 Å². The van der Waals surface area contributed by atoms with E-state index in [0.717, 1.165) is 26.6 Å². The highest BCUT2D eigenvalue weighted by molar-refractivity contribution is 14.1. The van der Waals surface area contributed by atoms with E-state index < -0.39 is 0 Å². The molecule has 33 heavy (non-hydrogen) atoms. The Morgan fingerprint density at radius 2 is 1.94 bits per heavy atom. The molecule has 0 spiro atoms. The van der Waals surface area contributed by atoms with Crippen molar-refractivity contribution in [3.63, 3.8) is 0 Å². The molecule has 4 rings (SSSR count). The number of ether oxygens (including phenoxy) is 2. The molecule has 2 heterocycles. The zero-order chi connectivity index (χ0) is 23.4. The zero-order valence-corrected chi connectivity index (χ0v) is 22.0. The Kier molecular flexibility index (Phi) is 7.71. The van der Waals surface area contributed by atoms with E-state index in [-0.39, 0.29) is 24.3 Å². The lowest BCUT2D eigenvalue weighted by molar-refractivity contribution is -0.123. The lowest BCUT2D eigenvalue weighted by Gasteiger charge is -2.14. The number of methoxy groups -OCH3 is 1. The Bertz CT molecular complexity index is 1220. The lowest BCUT2D eigenvalue weighted by Crippen LogP contribution is -2.27. The van der Waals surface area contributed by atoms with Crippen LogP contribution in [0.2, 0.25) is 0 Å². The van der Waals surface area contributed by atoms with Crippen molar-refractivity contribution < 1.29 is 19.1 Å². The first kappa shape index (κ1) is 23.8. The summed E-state index contributed by atoms with van der Waals surface area (Å²) in [6.45, 7) is 0.527. The maximum Gasteiger partial charge on any atom is 0.293 e. The van der Waals surface area contributed by atoms with Crippen LogP contribution in [0.4, 0.5) is 4.79 Å². The number of hydrogen-bond acceptors (Lipinski definition) is 6. The van der Waals surface area contributed by atoms with Crippen LogP contribution in [-0.2, 0) is 17.9 Å². The molecule has 6 nitrogen and oxygen atoms in total. The van der Waals surface area contributed by atoms with Crippen LogP contribution < -0.4 is 9.47 Å². The number of imide groups is 1. The van der Waals surface area contributed by atoms with Crippen LogP contribution in [0.25, 0.3) is 6.08 Å². The molecule has 0 atom stereocenters. The molecular formula is C24H18BrIN2O4S. The van der Waals surface area contributed by atoms with E-state index in [2.05, 4.69) is 43.5 Å². The molecule has 2 aromatic carbocycles. The highest BCUT2D eigenvalue weighted by Gasteiger charge is 2.35. The Balaban J connectivity index is 1.53. The summed E-state index contributed by atoms with van der Waals surface area (Å²) in [5.41, 5.74) is 2.40. The van der Waals surface area contributed by atoms with Gasteiger partial charge in [0.2, 0.25) is 0 Å². The third-order valence-corrected chi connectivity index (χ3v) is 6.98. The quantitative estimate of drug-likeness (QED) is 0.225. The fourth-order valence-corrected chi connectivity index (χ4v) is 4.92. The first-order chi connectivity index (χ1) is 15.9. The van der Waals surface area contributed by atoms with Crippen molar-refractivity contribution in [2.45, 2.75) is 13.2 Å². The van der Waals surface area contributed by atoms with E-state index in [1.165, 1.54) is 4.90 Å². The van der Waals surface area contributed by atoms with Crippen LogP contribution in [0.1, 0.15) is 16.8 Å². The molecule has 1 fully saturated rings. The predicted octanol–water partition coefficient (Wildman–Crippen LogP) is 6.27. The van der Waals surface area contributed by atoms with E-state index in [9.17, 15) is 9.59 Å². The molecule has 1 aromatic heterocycles. The van der Waals surface area contributed by atoms with Crippen molar-refractivity contribution >= 4 is 67.5 Å². The highest BCUT2D eigenvalue weighted by atomic mass is 127. The molecule has 0 aliphatic carbocycles. The summed E-state index contributed by atoms with van der Waals surface area (Å²) >= 11 is 6.67. The van der Waals surface area contributed by atoms with E-state index in [1.807, 2.05) is 48.5 Å². The number of benzene rings is 2. The lowest BCUT2D eigenvalue weighted by atomic mass is 10.1. The fourth-order valence-electron chi connectivity index (χ4n) is 3.15. The molecule has 1 saturated heterocycles. The van der Waals surface area contributed by atoms with Gasteiger partial charge in [-0.25, -0.2) is 0 Å². The van der Waals surface area contributed by atoms with E-state index in [1.54, 1.807) is 25.4 Å². The molecule has 0 bridgehead atoms. The van der Waals surface area contributed by atoms with Crippen molar-refractivity contribution in [1.29, 1.82) is 0 Å². The molecule has 1 aliphatic rings. The average Bonchev–Trinajstić information content (AvgIpc) is 3.07. The number of halogens is 2. The summed E-state index contributed by atoms with van der Waals surface area (Å²) in [7, 11) is 1.55. The molecular weight excluding hydrogens is 619 g/mol. The van der Waals surface area contributed by atoms with Crippen molar-refractivity contribution in [3.8, 4) is 11.5 Å². The SMILES string of the molecule is COc1cc(/C=C2\SC(=O)N(Cc3ccc(I)cc3)C2=O)cc(Br)c1OCc1ccccn1. The minimum absolute atomic E-state index is 0.242. The van der Waals surface area contributed by atoms with Gasteiger partial charge in [0.15, 0.2) is 11.5 Å². The van der Waals surface area contributed by atoms with E-state index in [4.69, 9.17) is 9.47 Å². The van der Waals surface area contributed by atoms with Crippen LogP contribution in [0.5, 0.6) is 11.5 Å². The Hall–Kier alpha value is -2.37. The largest absolute Gasteiger partial charge is 0.493 e. The Labute approximate surface area is 217 Å². The Morgan fingerprint density at radius 1 is 1.15 bits per heavy atom. The van der Waals surface area contributed by atoms with Gasteiger partial charge >= 0.3 is 0 Å². The van der Waals surface area contributed by atoms with Gasteiger partial charge in [-0.15, -0.1) is 0 Å². The molecule has 0 N–H and O–H groups in total. The van der Waals surface area contributed by atoms with Gasteiger partial charge in [0.25, 0.3) is 11.1 Å². The molecule has 1 aliphatic heterocycles. The van der Waals surface area contributed by atoms with Crippen LogP contribution in [0.15, 0.2) is 70.2 Å². The summed E-state index contributed by atoms with van der Waals surface area (Å²) in [5, 5.41) is -0.286. The number of carbonyl (C=O) groups is 2. The minimum atomic E-state index is -0.311. The molecule has 9 heteroatoms. The molecule has 0 radical (unpaired) electrons. The number of amides is 2. The second-order valence-corrected chi connectivity index (χ2v) is 10.1. The third kappa shape index (κ3) is 5.77. The number of hydrogen-bond donors (Lipinski definition) is 0. The number of pyridine rings is 1. The Morgan fingerprint density at radius 3 is 2.64 bits per heavy atom. The van der Waals surface area contributed by atoms with Gasteiger partial charge in [0.1, 0.15) is 6.61 Å².